The summed E-state index contributed by atoms with van der Waals surface area (Å²) in [5.41, 5.74) is 0.409. The van der Waals surface area contributed by atoms with E-state index >= 15 is 0 Å². The van der Waals surface area contributed by atoms with Crippen LogP contribution in [0.25, 0.3) is 0 Å². The van der Waals surface area contributed by atoms with Crippen molar-refractivity contribution in [3.63, 3.8) is 0 Å². The van der Waals surface area contributed by atoms with Crippen LogP contribution in [-0.4, -0.2) is 23.5 Å². The van der Waals surface area contributed by atoms with Gasteiger partial charge < -0.3 is 10.1 Å². The fraction of sp³-hybridized carbons (Fsp3) is 0.529. The third kappa shape index (κ3) is 6.43. The molecule has 1 rings (SSSR count). The molecule has 0 saturated carbocycles. The maximum Gasteiger partial charge on any atom is 0.329 e. The summed E-state index contributed by atoms with van der Waals surface area (Å²) in [5.74, 6) is -0.729. The lowest BCUT2D eigenvalue weighted by molar-refractivity contribution is -0.158. The standard InChI is InChI=1S/C17H25NO3/c1-12(2)15(19)18-14(16(20)21-17(3,4)5)11-13-9-7-6-8-10-13/h6-10,12,14H,11H2,1-5H3,(H,18,19)/t14-/m1/s1. The Morgan fingerprint density at radius 2 is 1.71 bits per heavy atom. The summed E-state index contributed by atoms with van der Waals surface area (Å²) in [6.07, 6.45) is 0.425. The highest BCUT2D eigenvalue weighted by molar-refractivity contribution is 5.85. The molecule has 21 heavy (non-hydrogen) atoms. The molecule has 4 heteroatoms. The molecule has 0 aliphatic heterocycles. The number of carbonyl (C=O) groups is 2. The van der Waals surface area contributed by atoms with Gasteiger partial charge in [-0.3, -0.25) is 4.79 Å². The predicted molar refractivity (Wildman–Crippen MR) is 82.8 cm³/mol. The fourth-order valence-corrected chi connectivity index (χ4v) is 1.75. The van der Waals surface area contributed by atoms with Crippen molar-refractivity contribution < 1.29 is 14.3 Å². The monoisotopic (exact) mass is 291 g/mol. The first-order valence-corrected chi connectivity index (χ1v) is 7.26. The van der Waals surface area contributed by atoms with Crippen LogP contribution in [0, 0.1) is 5.92 Å². The zero-order chi connectivity index (χ0) is 16.0. The van der Waals surface area contributed by atoms with Crippen molar-refractivity contribution >= 4 is 11.9 Å². The minimum Gasteiger partial charge on any atom is -0.458 e. The molecule has 0 spiro atoms. The van der Waals surface area contributed by atoms with Crippen molar-refractivity contribution in [1.29, 1.82) is 0 Å². The van der Waals surface area contributed by atoms with Crippen molar-refractivity contribution in [3.8, 4) is 0 Å². The number of rotatable bonds is 5. The SMILES string of the molecule is CC(C)C(=O)N[C@H](Cc1ccccc1)C(=O)OC(C)(C)C. The predicted octanol–water partition coefficient (Wildman–Crippen LogP) is 2.71. The van der Waals surface area contributed by atoms with E-state index in [-0.39, 0.29) is 11.8 Å². The van der Waals surface area contributed by atoms with Crippen LogP contribution >= 0.6 is 0 Å². The zero-order valence-corrected chi connectivity index (χ0v) is 13.5. The molecule has 1 N–H and O–H groups in total. The summed E-state index contributed by atoms with van der Waals surface area (Å²) < 4.78 is 5.40. The Kier molecular flexibility index (Phi) is 5.94. The Bertz CT molecular complexity index is 475. The lowest BCUT2D eigenvalue weighted by atomic mass is 10.0. The molecular formula is C17H25NO3. The van der Waals surface area contributed by atoms with Gasteiger partial charge in [-0.2, -0.15) is 0 Å². The number of nitrogens with one attached hydrogen (secondary N) is 1. The van der Waals surface area contributed by atoms with Gasteiger partial charge in [0.1, 0.15) is 11.6 Å². The topological polar surface area (TPSA) is 55.4 Å². The third-order valence-electron chi connectivity index (χ3n) is 2.81. The second-order valence-corrected chi connectivity index (χ2v) is 6.44. The van der Waals surface area contributed by atoms with Gasteiger partial charge in [0.25, 0.3) is 0 Å². The molecule has 0 aliphatic rings. The van der Waals surface area contributed by atoms with Gasteiger partial charge in [-0.15, -0.1) is 0 Å². The van der Waals surface area contributed by atoms with E-state index in [1.54, 1.807) is 13.8 Å². The van der Waals surface area contributed by atoms with E-state index in [0.29, 0.717) is 6.42 Å². The highest BCUT2D eigenvalue weighted by Gasteiger charge is 2.27. The number of benzene rings is 1. The molecule has 0 heterocycles. The van der Waals surface area contributed by atoms with Crippen molar-refractivity contribution in [1.82, 2.24) is 5.32 Å². The van der Waals surface area contributed by atoms with Crippen molar-refractivity contribution in [2.75, 3.05) is 0 Å². The van der Waals surface area contributed by atoms with E-state index in [4.69, 9.17) is 4.74 Å². The van der Waals surface area contributed by atoms with Gasteiger partial charge in [0.05, 0.1) is 0 Å². The lowest BCUT2D eigenvalue weighted by Gasteiger charge is -2.25. The summed E-state index contributed by atoms with van der Waals surface area (Å²) in [5, 5.41) is 2.77. The van der Waals surface area contributed by atoms with Gasteiger partial charge in [-0.1, -0.05) is 44.2 Å². The molecule has 0 bridgehead atoms. The van der Waals surface area contributed by atoms with Crippen LogP contribution in [-0.2, 0) is 20.7 Å². The Hall–Kier alpha value is -1.84. The fourth-order valence-electron chi connectivity index (χ4n) is 1.75. The van der Waals surface area contributed by atoms with Crippen LogP contribution in [0.15, 0.2) is 30.3 Å². The summed E-state index contributed by atoms with van der Waals surface area (Å²) in [6, 6.07) is 8.93. The molecule has 1 amide bonds. The van der Waals surface area contributed by atoms with E-state index in [0.717, 1.165) is 5.56 Å². The number of esters is 1. The largest absolute Gasteiger partial charge is 0.458 e. The summed E-state index contributed by atoms with van der Waals surface area (Å²) >= 11 is 0. The second-order valence-electron chi connectivity index (χ2n) is 6.44. The molecule has 116 valence electrons. The maximum atomic E-state index is 12.3. The van der Waals surface area contributed by atoms with Crippen LogP contribution in [0.1, 0.15) is 40.2 Å². The van der Waals surface area contributed by atoms with Crippen molar-refractivity contribution in [3.05, 3.63) is 35.9 Å². The Balaban J connectivity index is 2.84. The molecule has 0 fully saturated rings. The summed E-state index contributed by atoms with van der Waals surface area (Å²) in [6.45, 7) is 9.03. The van der Waals surface area contributed by atoms with Crippen LogP contribution in [0.4, 0.5) is 0 Å². The molecule has 0 aromatic heterocycles. The van der Waals surface area contributed by atoms with E-state index in [9.17, 15) is 9.59 Å². The van der Waals surface area contributed by atoms with Crippen LogP contribution in [0.3, 0.4) is 0 Å². The lowest BCUT2D eigenvalue weighted by Crippen LogP contribution is -2.46. The molecule has 0 radical (unpaired) electrons. The number of amides is 1. The molecule has 4 nitrogen and oxygen atoms in total. The number of ether oxygens (including phenoxy) is 1. The highest BCUT2D eigenvalue weighted by Crippen LogP contribution is 2.12. The summed E-state index contributed by atoms with van der Waals surface area (Å²) in [7, 11) is 0. The van der Waals surface area contributed by atoms with Crippen LogP contribution in [0.2, 0.25) is 0 Å². The van der Waals surface area contributed by atoms with Gasteiger partial charge in [-0.05, 0) is 26.3 Å². The van der Waals surface area contributed by atoms with E-state index in [1.165, 1.54) is 0 Å². The van der Waals surface area contributed by atoms with Gasteiger partial charge in [0.2, 0.25) is 5.91 Å². The van der Waals surface area contributed by atoms with Gasteiger partial charge in [0.15, 0.2) is 0 Å². The van der Waals surface area contributed by atoms with Crippen molar-refractivity contribution in [2.24, 2.45) is 5.92 Å². The summed E-state index contributed by atoms with van der Waals surface area (Å²) in [4.78, 5) is 24.2. The quantitative estimate of drug-likeness (QED) is 0.849. The molecule has 1 aromatic carbocycles. The highest BCUT2D eigenvalue weighted by atomic mass is 16.6. The van der Waals surface area contributed by atoms with E-state index in [2.05, 4.69) is 5.32 Å². The Labute approximate surface area is 126 Å². The smallest absolute Gasteiger partial charge is 0.329 e. The molecule has 0 saturated heterocycles. The average molecular weight is 291 g/mol. The van der Waals surface area contributed by atoms with Crippen LogP contribution < -0.4 is 5.32 Å². The first-order chi connectivity index (χ1) is 9.69. The number of hydrogen-bond donors (Lipinski definition) is 1. The Morgan fingerprint density at radius 3 is 2.19 bits per heavy atom. The zero-order valence-electron chi connectivity index (χ0n) is 13.5. The van der Waals surface area contributed by atoms with Gasteiger partial charge in [0, 0.05) is 12.3 Å². The maximum absolute atomic E-state index is 12.3. The second kappa shape index (κ2) is 7.25. The average Bonchev–Trinajstić information content (AvgIpc) is 2.36. The number of hydrogen-bond acceptors (Lipinski definition) is 3. The minimum atomic E-state index is -0.665. The molecular weight excluding hydrogens is 266 g/mol. The third-order valence-corrected chi connectivity index (χ3v) is 2.81. The normalized spacial score (nSPS) is 12.9. The molecule has 1 atom stereocenters. The Morgan fingerprint density at radius 1 is 1.14 bits per heavy atom. The van der Waals surface area contributed by atoms with Crippen LogP contribution in [0.5, 0.6) is 0 Å². The van der Waals surface area contributed by atoms with Crippen molar-refractivity contribution in [2.45, 2.75) is 52.7 Å². The molecule has 1 aromatic rings. The molecule has 0 aliphatic carbocycles. The van der Waals surface area contributed by atoms with E-state index < -0.39 is 17.6 Å². The van der Waals surface area contributed by atoms with E-state index in [1.807, 2.05) is 51.1 Å². The number of carbonyl (C=O) groups excluding carboxylic acids is 2. The van der Waals surface area contributed by atoms with Gasteiger partial charge >= 0.3 is 5.97 Å². The molecule has 0 unspecified atom stereocenters. The first-order valence-electron chi connectivity index (χ1n) is 7.26. The van der Waals surface area contributed by atoms with Gasteiger partial charge in [-0.25, -0.2) is 4.79 Å². The minimum absolute atomic E-state index is 0.151. The first kappa shape index (κ1) is 17.2.